The maximum Gasteiger partial charge on any atom is 0.489 e. The van der Waals surface area contributed by atoms with Crippen LogP contribution in [0.5, 0.6) is 0 Å². The molecule has 11 heteroatoms. The van der Waals surface area contributed by atoms with Crippen LogP contribution in [0.25, 0.3) is 0 Å². The molecule has 0 aliphatic carbocycles. The normalized spacial score (nSPS) is 13.5. The smallest absolute Gasteiger partial charge is 0.302 e. The van der Waals surface area contributed by atoms with Gasteiger partial charge in [-0.3, -0.25) is 8.62 Å². The van der Waals surface area contributed by atoms with E-state index in [1.165, 1.54) is 18.9 Å². The first-order valence-electron chi connectivity index (χ1n) is 1.97. The molecule has 7 nitrogen and oxygen atoms in total. The molecule has 0 rings (SSSR count). The summed E-state index contributed by atoms with van der Waals surface area (Å²) < 4.78 is 32.5. The molecule has 0 radical (unpaired) electrons. The summed E-state index contributed by atoms with van der Waals surface area (Å²) in [7, 11) is -6.00. The lowest BCUT2D eigenvalue weighted by Crippen LogP contribution is -1.87. The molecular formula is H6O7P4. The van der Waals surface area contributed by atoms with Crippen molar-refractivity contribution in [3.8, 4) is 0 Å². The van der Waals surface area contributed by atoms with Gasteiger partial charge in [0.2, 0.25) is 0 Å². The maximum absolute atomic E-state index is 10.8. The van der Waals surface area contributed by atoms with Gasteiger partial charge >= 0.3 is 15.6 Å². The Morgan fingerprint density at radius 1 is 1.09 bits per heavy atom. The van der Waals surface area contributed by atoms with Gasteiger partial charge in [-0.2, -0.15) is 4.31 Å². The summed E-state index contributed by atoms with van der Waals surface area (Å²) in [5.41, 5.74) is 0. The average molecular weight is 242 g/mol. The van der Waals surface area contributed by atoms with Gasteiger partial charge in [0.25, 0.3) is 0 Å². The van der Waals surface area contributed by atoms with Crippen molar-refractivity contribution in [2.45, 2.75) is 0 Å². The minimum Gasteiger partial charge on any atom is -0.302 e. The van der Waals surface area contributed by atoms with Crippen molar-refractivity contribution in [2.24, 2.45) is 0 Å². The van der Waals surface area contributed by atoms with Crippen LogP contribution in [0.15, 0.2) is 0 Å². The molecule has 0 aromatic heterocycles. The third kappa shape index (κ3) is 5.37. The van der Waals surface area contributed by atoms with Gasteiger partial charge in [-0.25, -0.2) is 9.13 Å². The number of hydrogen-bond donors (Lipinski definition) is 2. The molecule has 0 fully saturated rings. The molecule has 2 N–H and O–H groups in total. The van der Waals surface area contributed by atoms with Crippen molar-refractivity contribution in [2.75, 3.05) is 0 Å². The highest BCUT2D eigenvalue weighted by Crippen LogP contribution is 2.63. The summed E-state index contributed by atoms with van der Waals surface area (Å²) in [5, 5.41) is 0. The average Bonchev–Trinajstić information content (AvgIpc) is 1.84. The predicted molar refractivity (Wildman–Crippen MR) is 42.3 cm³/mol. The van der Waals surface area contributed by atoms with Crippen molar-refractivity contribution >= 4 is 34.6 Å². The highest BCUT2D eigenvalue weighted by Gasteiger charge is 2.33. The zero-order valence-corrected chi connectivity index (χ0v) is 9.08. The van der Waals surface area contributed by atoms with Gasteiger partial charge in [-0.05, 0) is 0 Å². The summed E-state index contributed by atoms with van der Waals surface area (Å²) in [5.74, 6) is 0. The quantitative estimate of drug-likeness (QED) is 0.703. The van der Waals surface area contributed by atoms with Crippen LogP contribution in [0.2, 0.25) is 0 Å². The molecule has 0 aliphatic rings. The lowest BCUT2D eigenvalue weighted by molar-refractivity contribution is 0.245. The Hall–Kier alpha value is 1.12. The summed E-state index contributed by atoms with van der Waals surface area (Å²) in [6, 6.07) is 0. The summed E-state index contributed by atoms with van der Waals surface area (Å²) in [4.78, 5) is 16.3. The molecule has 0 aliphatic heterocycles. The topological polar surface area (TPSA) is 102 Å². The number of phosphoric acid groups is 2. The van der Waals surface area contributed by atoms with Gasteiger partial charge in [0, 0.05) is 18.9 Å². The van der Waals surface area contributed by atoms with Crippen LogP contribution >= 0.6 is 34.6 Å². The second-order valence-corrected chi connectivity index (χ2v) is 5.45. The second kappa shape index (κ2) is 4.38. The number of hydrogen-bond acceptors (Lipinski definition) is 5. The Bertz CT molecular complexity index is 192. The van der Waals surface area contributed by atoms with Gasteiger partial charge < -0.3 is 9.79 Å². The van der Waals surface area contributed by atoms with E-state index in [2.05, 4.69) is 12.9 Å². The largest absolute Gasteiger partial charge is 0.489 e. The van der Waals surface area contributed by atoms with Gasteiger partial charge in [-0.1, -0.05) is 0 Å². The monoisotopic (exact) mass is 242 g/mol. The zero-order valence-electron chi connectivity index (χ0n) is 4.98. The fourth-order valence-electron chi connectivity index (χ4n) is 0.194. The van der Waals surface area contributed by atoms with E-state index in [0.717, 1.165) is 0 Å². The van der Waals surface area contributed by atoms with Crippen molar-refractivity contribution in [1.29, 1.82) is 0 Å². The van der Waals surface area contributed by atoms with E-state index in [0.29, 0.717) is 0 Å². The standard InChI is InChI=1S/H6O7P4/c1-10(2,3)7-11(4,5-8)6-9/h8-9H2,(H2,1,2,3). The second-order valence-electron chi connectivity index (χ2n) is 1.23. The molecule has 0 spiro atoms. The molecule has 0 saturated carbocycles. The summed E-state index contributed by atoms with van der Waals surface area (Å²) in [6.45, 7) is 0. The molecule has 0 aromatic rings. The van der Waals surface area contributed by atoms with Crippen molar-refractivity contribution < 1.29 is 31.8 Å². The molecule has 0 heterocycles. The Kier molecular flexibility index (Phi) is 4.83. The van der Waals surface area contributed by atoms with E-state index in [1.807, 2.05) is 0 Å². The van der Waals surface area contributed by atoms with Gasteiger partial charge in [0.1, 0.15) is 0 Å². The minimum atomic E-state index is -4.86. The van der Waals surface area contributed by atoms with E-state index in [9.17, 15) is 9.13 Å². The number of rotatable bonds is 4. The molecule has 11 heavy (non-hydrogen) atoms. The predicted octanol–water partition coefficient (Wildman–Crippen LogP) is 0.817. The van der Waals surface area contributed by atoms with Crippen LogP contribution in [0.4, 0.5) is 0 Å². The van der Waals surface area contributed by atoms with Crippen molar-refractivity contribution in [3.63, 3.8) is 0 Å². The van der Waals surface area contributed by atoms with Gasteiger partial charge in [0.05, 0.1) is 0 Å². The van der Waals surface area contributed by atoms with Crippen LogP contribution < -0.4 is 0 Å². The molecule has 0 saturated heterocycles. The third-order valence-electron chi connectivity index (χ3n) is 0.465. The molecule has 0 amide bonds. The van der Waals surface area contributed by atoms with Crippen LogP contribution in [0, 0.1) is 0 Å². The van der Waals surface area contributed by atoms with Crippen LogP contribution in [-0.2, 0) is 22.1 Å². The zero-order chi connectivity index (χ0) is 9.12. The highest BCUT2D eigenvalue weighted by atomic mass is 31.3. The Labute approximate surface area is 67.2 Å². The maximum atomic E-state index is 10.8. The summed E-state index contributed by atoms with van der Waals surface area (Å²) >= 11 is 0. The van der Waals surface area contributed by atoms with Gasteiger partial charge in [0.15, 0.2) is 0 Å². The molecule has 0 bridgehead atoms. The Morgan fingerprint density at radius 3 is 1.55 bits per heavy atom. The van der Waals surface area contributed by atoms with E-state index in [-0.39, 0.29) is 0 Å². The highest BCUT2D eigenvalue weighted by molar-refractivity contribution is 7.65. The molecule has 0 aromatic carbocycles. The van der Waals surface area contributed by atoms with E-state index in [1.54, 1.807) is 0 Å². The van der Waals surface area contributed by atoms with Crippen LogP contribution in [0.1, 0.15) is 0 Å². The first kappa shape index (κ1) is 12.1. The summed E-state index contributed by atoms with van der Waals surface area (Å²) in [6.07, 6.45) is 0. The van der Waals surface area contributed by atoms with Crippen molar-refractivity contribution in [1.82, 2.24) is 0 Å². The fraction of sp³-hybridized carbons (Fsp3) is 0. The fourth-order valence-corrected chi connectivity index (χ4v) is 2.88. The molecule has 2 unspecified atom stereocenters. The van der Waals surface area contributed by atoms with Crippen LogP contribution in [0.3, 0.4) is 0 Å². The molecular weight excluding hydrogens is 236 g/mol. The first-order chi connectivity index (χ1) is 4.83. The SMILES string of the molecule is O=P(O)(O)OP(=O)(OP)OP. The first-order valence-corrected chi connectivity index (χ1v) is 5.90. The van der Waals surface area contributed by atoms with Crippen molar-refractivity contribution in [3.05, 3.63) is 0 Å². The third-order valence-corrected chi connectivity index (χ3v) is 4.18. The molecule has 68 valence electrons. The Balaban J connectivity index is 4.34. The van der Waals surface area contributed by atoms with E-state index < -0.39 is 15.6 Å². The van der Waals surface area contributed by atoms with E-state index in [4.69, 9.17) is 9.79 Å². The van der Waals surface area contributed by atoms with Gasteiger partial charge in [-0.15, -0.1) is 0 Å². The molecule has 2 atom stereocenters. The lowest BCUT2D eigenvalue weighted by atomic mass is 15.7. The minimum absolute atomic E-state index is 1.50. The van der Waals surface area contributed by atoms with E-state index >= 15 is 0 Å². The Morgan fingerprint density at radius 2 is 1.45 bits per heavy atom. The van der Waals surface area contributed by atoms with Crippen LogP contribution in [-0.4, -0.2) is 9.79 Å². The lowest BCUT2D eigenvalue weighted by Gasteiger charge is -2.12.